The lowest BCUT2D eigenvalue weighted by atomic mass is 10.1. The Hall–Kier alpha value is -1.56. The van der Waals surface area contributed by atoms with Crippen molar-refractivity contribution in [1.82, 2.24) is 10.2 Å². The van der Waals surface area contributed by atoms with Crippen molar-refractivity contribution >= 4 is 33.4 Å². The van der Waals surface area contributed by atoms with Crippen molar-refractivity contribution < 1.29 is 9.59 Å². The third-order valence-electron chi connectivity index (χ3n) is 2.70. The lowest BCUT2D eigenvalue weighted by Gasteiger charge is -2.22. The molecule has 6 heteroatoms. The van der Waals surface area contributed by atoms with Gasteiger partial charge in [0.05, 0.1) is 12.1 Å². The van der Waals surface area contributed by atoms with E-state index in [2.05, 4.69) is 21.2 Å². The third-order valence-corrected chi connectivity index (χ3v) is 3.19. The molecule has 0 bridgehead atoms. The maximum Gasteiger partial charge on any atom is 0.256 e. The lowest BCUT2D eigenvalue weighted by molar-refractivity contribution is -0.122. The van der Waals surface area contributed by atoms with Crippen LogP contribution in [0.15, 0.2) is 22.7 Å². The van der Waals surface area contributed by atoms with Gasteiger partial charge in [-0.25, -0.2) is 0 Å². The van der Waals surface area contributed by atoms with Crippen LogP contribution in [0.4, 0.5) is 5.69 Å². The number of nitrogens with one attached hydrogen (secondary N) is 1. The second kappa shape index (κ2) is 7.28. The summed E-state index contributed by atoms with van der Waals surface area (Å²) in [7, 11) is 0. The van der Waals surface area contributed by atoms with Gasteiger partial charge in [-0.15, -0.1) is 0 Å². The van der Waals surface area contributed by atoms with Crippen LogP contribution in [-0.4, -0.2) is 35.8 Å². The molecule has 2 amide bonds. The molecule has 0 atom stereocenters. The molecule has 20 heavy (non-hydrogen) atoms. The number of carbonyl (C=O) groups excluding carboxylic acids is 2. The average Bonchev–Trinajstić information content (AvgIpc) is 2.37. The summed E-state index contributed by atoms with van der Waals surface area (Å²) in [4.78, 5) is 25.6. The number of halogens is 1. The van der Waals surface area contributed by atoms with E-state index in [0.717, 1.165) is 4.47 Å². The van der Waals surface area contributed by atoms with Crippen molar-refractivity contribution in [3.63, 3.8) is 0 Å². The van der Waals surface area contributed by atoms with Crippen LogP contribution in [0.1, 0.15) is 31.1 Å². The number of hydrogen-bond acceptors (Lipinski definition) is 3. The van der Waals surface area contributed by atoms with Crippen LogP contribution < -0.4 is 11.1 Å². The summed E-state index contributed by atoms with van der Waals surface area (Å²) in [5.74, 6) is -0.422. The van der Waals surface area contributed by atoms with Crippen LogP contribution in [-0.2, 0) is 4.79 Å². The Balaban J connectivity index is 2.86. The molecule has 1 rings (SSSR count). The van der Waals surface area contributed by atoms with E-state index in [0.29, 0.717) is 17.8 Å². The van der Waals surface area contributed by atoms with Gasteiger partial charge in [0.2, 0.25) is 5.91 Å². The molecule has 0 heterocycles. The second-order valence-corrected chi connectivity index (χ2v) is 5.69. The number of amides is 2. The minimum Gasteiger partial charge on any atom is -0.398 e. The monoisotopic (exact) mass is 341 g/mol. The number of likely N-dealkylation sites (N-methyl/N-ethyl adjacent to an activating group) is 1. The zero-order valence-electron chi connectivity index (χ0n) is 11.9. The van der Waals surface area contributed by atoms with Crippen LogP contribution in [0.25, 0.3) is 0 Å². The summed E-state index contributed by atoms with van der Waals surface area (Å²) in [6.45, 7) is 6.05. The first-order valence-corrected chi connectivity index (χ1v) is 7.28. The van der Waals surface area contributed by atoms with Gasteiger partial charge in [0, 0.05) is 22.7 Å². The Morgan fingerprint density at radius 1 is 1.40 bits per heavy atom. The van der Waals surface area contributed by atoms with E-state index >= 15 is 0 Å². The van der Waals surface area contributed by atoms with Gasteiger partial charge in [-0.1, -0.05) is 15.9 Å². The fraction of sp³-hybridized carbons (Fsp3) is 0.429. The van der Waals surface area contributed by atoms with Gasteiger partial charge < -0.3 is 16.0 Å². The SMILES string of the molecule is CCN(CC(=O)NC(C)C)C(=O)c1cc(Br)ccc1N. The molecule has 1 aromatic rings. The van der Waals surface area contributed by atoms with Crippen molar-refractivity contribution in [2.75, 3.05) is 18.8 Å². The quantitative estimate of drug-likeness (QED) is 0.804. The average molecular weight is 342 g/mol. The molecular formula is C14H20BrN3O2. The van der Waals surface area contributed by atoms with Crippen molar-refractivity contribution in [3.05, 3.63) is 28.2 Å². The van der Waals surface area contributed by atoms with Crippen molar-refractivity contribution in [3.8, 4) is 0 Å². The molecule has 0 spiro atoms. The number of carbonyl (C=O) groups is 2. The Bertz CT molecular complexity index is 503. The van der Waals surface area contributed by atoms with Gasteiger partial charge in [-0.05, 0) is 39.0 Å². The smallest absolute Gasteiger partial charge is 0.256 e. The normalized spacial score (nSPS) is 10.4. The molecule has 0 radical (unpaired) electrons. The standard InChI is InChI=1S/C14H20BrN3O2/c1-4-18(8-13(19)17-9(2)3)14(20)11-7-10(15)5-6-12(11)16/h5-7,9H,4,8,16H2,1-3H3,(H,17,19). The largest absolute Gasteiger partial charge is 0.398 e. The predicted octanol–water partition coefficient (Wildman–Crippen LogP) is 2.02. The van der Waals surface area contributed by atoms with Crippen LogP contribution in [0.3, 0.4) is 0 Å². The topological polar surface area (TPSA) is 75.4 Å². The van der Waals surface area contributed by atoms with E-state index in [1.807, 2.05) is 20.8 Å². The minimum absolute atomic E-state index is 0.0272. The maximum absolute atomic E-state index is 12.4. The second-order valence-electron chi connectivity index (χ2n) is 4.77. The fourth-order valence-corrected chi connectivity index (χ4v) is 2.11. The van der Waals surface area contributed by atoms with Crippen LogP contribution in [0.5, 0.6) is 0 Å². The van der Waals surface area contributed by atoms with E-state index in [-0.39, 0.29) is 24.4 Å². The molecule has 0 saturated heterocycles. The number of hydrogen-bond donors (Lipinski definition) is 2. The molecule has 0 fully saturated rings. The molecule has 0 unspecified atom stereocenters. The molecule has 110 valence electrons. The number of nitrogen functional groups attached to an aromatic ring is 1. The first-order valence-electron chi connectivity index (χ1n) is 6.48. The molecule has 5 nitrogen and oxygen atoms in total. The lowest BCUT2D eigenvalue weighted by Crippen LogP contribution is -2.42. The van der Waals surface area contributed by atoms with Crippen LogP contribution in [0.2, 0.25) is 0 Å². The first-order chi connectivity index (χ1) is 9.35. The summed E-state index contributed by atoms with van der Waals surface area (Å²) in [6, 6.07) is 5.15. The highest BCUT2D eigenvalue weighted by molar-refractivity contribution is 9.10. The van der Waals surface area contributed by atoms with Crippen molar-refractivity contribution in [2.45, 2.75) is 26.8 Å². The minimum atomic E-state index is -0.245. The Morgan fingerprint density at radius 3 is 2.60 bits per heavy atom. The summed E-state index contributed by atoms with van der Waals surface area (Å²) < 4.78 is 0.776. The van der Waals surface area contributed by atoms with Gasteiger partial charge in [0.25, 0.3) is 5.91 Å². The van der Waals surface area contributed by atoms with Gasteiger partial charge in [-0.2, -0.15) is 0 Å². The Morgan fingerprint density at radius 2 is 2.05 bits per heavy atom. The molecule has 3 N–H and O–H groups in total. The first kappa shape index (κ1) is 16.5. The number of nitrogens with two attached hydrogens (primary N) is 1. The van der Waals surface area contributed by atoms with E-state index in [9.17, 15) is 9.59 Å². The Labute approximate surface area is 127 Å². The van der Waals surface area contributed by atoms with Gasteiger partial charge in [0.1, 0.15) is 0 Å². The third kappa shape index (κ3) is 4.52. The van der Waals surface area contributed by atoms with E-state index in [1.165, 1.54) is 4.90 Å². The summed E-state index contributed by atoms with van der Waals surface area (Å²) in [5, 5.41) is 2.77. The fourth-order valence-electron chi connectivity index (χ4n) is 1.75. The summed E-state index contributed by atoms with van der Waals surface area (Å²) in [6.07, 6.45) is 0. The number of benzene rings is 1. The zero-order chi connectivity index (χ0) is 15.3. The number of anilines is 1. The number of rotatable bonds is 5. The van der Waals surface area contributed by atoms with Crippen molar-refractivity contribution in [1.29, 1.82) is 0 Å². The van der Waals surface area contributed by atoms with Crippen LogP contribution in [0, 0.1) is 0 Å². The molecule has 1 aromatic carbocycles. The highest BCUT2D eigenvalue weighted by Crippen LogP contribution is 2.20. The van der Waals surface area contributed by atoms with Gasteiger partial charge >= 0.3 is 0 Å². The van der Waals surface area contributed by atoms with E-state index in [1.54, 1.807) is 18.2 Å². The Kier molecular flexibility index (Phi) is 6.01. The number of nitrogens with zero attached hydrogens (tertiary/aromatic N) is 1. The molecule has 0 aliphatic carbocycles. The van der Waals surface area contributed by atoms with Crippen molar-refractivity contribution in [2.24, 2.45) is 0 Å². The highest BCUT2D eigenvalue weighted by atomic mass is 79.9. The molecule has 0 aromatic heterocycles. The predicted molar refractivity (Wildman–Crippen MR) is 83.4 cm³/mol. The zero-order valence-corrected chi connectivity index (χ0v) is 13.5. The summed E-state index contributed by atoms with van der Waals surface area (Å²) in [5.41, 5.74) is 6.63. The van der Waals surface area contributed by atoms with E-state index < -0.39 is 0 Å². The van der Waals surface area contributed by atoms with Crippen LogP contribution >= 0.6 is 15.9 Å². The summed E-state index contributed by atoms with van der Waals surface area (Å²) >= 11 is 3.31. The maximum atomic E-state index is 12.4. The molecular weight excluding hydrogens is 322 g/mol. The van der Waals surface area contributed by atoms with E-state index in [4.69, 9.17) is 5.73 Å². The highest BCUT2D eigenvalue weighted by Gasteiger charge is 2.19. The van der Waals surface area contributed by atoms with Gasteiger partial charge in [-0.3, -0.25) is 9.59 Å². The van der Waals surface area contributed by atoms with Gasteiger partial charge in [0.15, 0.2) is 0 Å². The molecule has 0 aliphatic heterocycles. The molecule has 0 aliphatic rings. The molecule has 0 saturated carbocycles.